The minimum absolute atomic E-state index is 0.0240. The molecule has 0 N–H and O–H groups in total. The highest BCUT2D eigenvalue weighted by Crippen LogP contribution is 2.33. The first-order chi connectivity index (χ1) is 25.6. The van der Waals surface area contributed by atoms with Crippen molar-refractivity contribution in [2.75, 3.05) is 27.4 Å². The van der Waals surface area contributed by atoms with Gasteiger partial charge in [-0.3, -0.25) is 29.8 Å². The minimum atomic E-state index is -0.633. The summed E-state index contributed by atoms with van der Waals surface area (Å²) in [6.07, 6.45) is -0.558. The summed E-state index contributed by atoms with van der Waals surface area (Å²) in [5.74, 6) is -1.64. The van der Waals surface area contributed by atoms with Gasteiger partial charge < -0.3 is 18.9 Å². The topological polar surface area (TPSA) is 191 Å². The van der Waals surface area contributed by atoms with Crippen molar-refractivity contribution < 1.29 is 48.0 Å². The largest absolute Gasteiger partial charge is 0.496 e. The molecule has 0 saturated heterocycles. The summed E-state index contributed by atoms with van der Waals surface area (Å²) in [5.41, 5.74) is 0.449. The average Bonchev–Trinajstić information content (AvgIpc) is 3.13. The van der Waals surface area contributed by atoms with Crippen molar-refractivity contribution in [3.8, 4) is 11.5 Å². The Balaban J connectivity index is 0.000000290. The fourth-order valence-electron chi connectivity index (χ4n) is 4.83. The van der Waals surface area contributed by atoms with E-state index in [9.17, 15) is 39.4 Å². The van der Waals surface area contributed by atoms with Gasteiger partial charge in [-0.1, -0.05) is 52.5 Å². The molecular weight excluding hydrogens is 794 g/mol. The summed E-state index contributed by atoms with van der Waals surface area (Å²) < 4.78 is 20.2. The van der Waals surface area contributed by atoms with E-state index >= 15 is 0 Å². The molecule has 0 spiro atoms. The molecule has 0 heterocycles. The maximum atomic E-state index is 12.7. The first-order valence-corrected chi connectivity index (χ1v) is 17.1. The Morgan fingerprint density at radius 3 is 1.46 bits per heavy atom. The number of hydrogen-bond acceptors (Lipinski definition) is 12. The molecule has 4 aromatic rings. The van der Waals surface area contributed by atoms with Crippen LogP contribution in [0.15, 0.2) is 60.7 Å². The predicted octanol–water partition coefficient (Wildman–Crippen LogP) is 9.02. The molecule has 0 radical (unpaired) electrons. The Morgan fingerprint density at radius 1 is 0.574 bits per heavy atom. The lowest BCUT2D eigenvalue weighted by atomic mass is 9.99. The molecule has 0 aliphatic heterocycles. The number of carbonyl (C=O) groups is 4. The molecule has 54 heavy (non-hydrogen) atoms. The third-order valence-corrected chi connectivity index (χ3v) is 8.81. The number of carbonyl (C=O) groups excluding carboxylic acids is 4. The number of Topliss-reactive ketones (excluding diaryl/α,β-unsaturated/α-hetero) is 2. The van der Waals surface area contributed by atoms with Crippen molar-refractivity contribution in [1.82, 2.24) is 0 Å². The molecule has 0 aliphatic rings. The SMILES string of the molecule is CCOC(=O)c1ccc(C(=O)Cc2cc(Cl)c(Cl)cc2[N+](=O)[O-])c(OC)c1.CCOC(=O)c1ccc(C(=O)Cc2cc(Cl)c(Cl)cc2[N+](=O)[O-])cc1OC. The van der Waals surface area contributed by atoms with E-state index in [4.69, 9.17) is 65.4 Å². The van der Waals surface area contributed by atoms with Gasteiger partial charge in [-0.2, -0.15) is 0 Å². The Morgan fingerprint density at radius 2 is 0.981 bits per heavy atom. The highest BCUT2D eigenvalue weighted by Gasteiger charge is 2.24. The molecule has 0 unspecified atom stereocenters. The number of nitro groups is 2. The van der Waals surface area contributed by atoms with Crippen LogP contribution in [0.5, 0.6) is 11.5 Å². The summed E-state index contributed by atoms with van der Waals surface area (Å²) in [6.45, 7) is 3.76. The third-order valence-electron chi connectivity index (χ3n) is 7.37. The predicted molar refractivity (Wildman–Crippen MR) is 200 cm³/mol. The van der Waals surface area contributed by atoms with E-state index in [0.717, 1.165) is 12.1 Å². The van der Waals surface area contributed by atoms with Crippen LogP contribution in [0.25, 0.3) is 0 Å². The molecule has 18 heteroatoms. The fraction of sp³-hybridized carbons (Fsp3) is 0.222. The molecule has 0 atom stereocenters. The highest BCUT2D eigenvalue weighted by atomic mass is 35.5. The maximum absolute atomic E-state index is 12.7. The Labute approximate surface area is 328 Å². The Bertz CT molecular complexity index is 2120. The highest BCUT2D eigenvalue weighted by molar-refractivity contribution is 6.42. The van der Waals surface area contributed by atoms with E-state index in [0.29, 0.717) is 0 Å². The van der Waals surface area contributed by atoms with Crippen molar-refractivity contribution in [2.24, 2.45) is 0 Å². The second-order valence-electron chi connectivity index (χ2n) is 10.8. The molecule has 0 aliphatic carbocycles. The molecule has 4 aromatic carbocycles. The summed E-state index contributed by atoms with van der Waals surface area (Å²) in [4.78, 5) is 70.1. The normalized spacial score (nSPS) is 10.4. The number of halogens is 4. The number of nitrogens with zero attached hydrogens (tertiary/aromatic N) is 2. The van der Waals surface area contributed by atoms with Crippen molar-refractivity contribution in [3.05, 3.63) is 134 Å². The molecule has 284 valence electrons. The van der Waals surface area contributed by atoms with Crippen molar-refractivity contribution in [2.45, 2.75) is 26.7 Å². The molecule has 0 bridgehead atoms. The van der Waals surface area contributed by atoms with Crippen LogP contribution in [0.2, 0.25) is 20.1 Å². The van der Waals surface area contributed by atoms with E-state index < -0.39 is 33.4 Å². The van der Waals surface area contributed by atoms with Crippen LogP contribution in [0, 0.1) is 20.2 Å². The number of benzene rings is 4. The molecule has 0 aromatic heterocycles. The van der Waals surface area contributed by atoms with E-state index in [1.807, 2.05) is 0 Å². The number of rotatable bonds is 14. The van der Waals surface area contributed by atoms with E-state index in [1.54, 1.807) is 13.8 Å². The van der Waals surface area contributed by atoms with Crippen LogP contribution in [0.4, 0.5) is 11.4 Å². The molecular formula is C36H30Cl4N2O12. The standard InChI is InChI=1S/2C18H15Cl2NO6/c1-3-27-18(23)10-4-5-12(17(8-10)26-2)16(22)7-11-6-13(19)14(20)9-15(11)21(24)25;1-3-27-18(23)12-5-4-10(8-17(12)26-2)16(22)7-11-6-13(19)14(20)9-15(11)21(24)25/h2*4-6,8-9H,3,7H2,1-2H3. The zero-order valence-electron chi connectivity index (χ0n) is 28.9. The van der Waals surface area contributed by atoms with Gasteiger partial charge in [-0.05, 0) is 56.3 Å². The van der Waals surface area contributed by atoms with Crippen molar-refractivity contribution in [3.63, 3.8) is 0 Å². The molecule has 0 amide bonds. The number of ether oxygens (including phenoxy) is 4. The van der Waals surface area contributed by atoms with Crippen LogP contribution < -0.4 is 9.47 Å². The lowest BCUT2D eigenvalue weighted by molar-refractivity contribution is -0.385. The summed E-state index contributed by atoms with van der Waals surface area (Å²) in [5, 5.41) is 22.7. The van der Waals surface area contributed by atoms with Gasteiger partial charge in [0.1, 0.15) is 17.1 Å². The summed E-state index contributed by atoms with van der Waals surface area (Å²) in [7, 11) is 2.71. The van der Waals surface area contributed by atoms with Crippen LogP contribution in [0.1, 0.15) is 66.4 Å². The number of esters is 2. The van der Waals surface area contributed by atoms with Gasteiger partial charge in [0.25, 0.3) is 11.4 Å². The zero-order valence-corrected chi connectivity index (χ0v) is 31.9. The molecule has 0 saturated carbocycles. The lowest BCUT2D eigenvalue weighted by Gasteiger charge is -2.10. The fourth-order valence-corrected chi connectivity index (χ4v) is 5.51. The molecule has 14 nitrogen and oxygen atoms in total. The Kier molecular flexibility index (Phi) is 15.7. The van der Waals surface area contributed by atoms with Crippen LogP contribution in [0.3, 0.4) is 0 Å². The molecule has 0 fully saturated rings. The zero-order chi connectivity index (χ0) is 40.3. The lowest BCUT2D eigenvalue weighted by Crippen LogP contribution is -2.10. The van der Waals surface area contributed by atoms with Crippen molar-refractivity contribution in [1.29, 1.82) is 0 Å². The van der Waals surface area contributed by atoms with Gasteiger partial charge in [0.15, 0.2) is 11.6 Å². The monoisotopic (exact) mass is 822 g/mol. The quantitative estimate of drug-likeness (QED) is 0.0508. The van der Waals surface area contributed by atoms with Crippen molar-refractivity contribution >= 4 is 81.3 Å². The average molecular weight is 824 g/mol. The first-order valence-electron chi connectivity index (χ1n) is 15.6. The maximum Gasteiger partial charge on any atom is 0.341 e. The smallest absolute Gasteiger partial charge is 0.341 e. The molecule has 4 rings (SSSR count). The summed E-state index contributed by atoms with van der Waals surface area (Å²) >= 11 is 23.5. The van der Waals surface area contributed by atoms with Crippen LogP contribution >= 0.6 is 46.4 Å². The number of nitro benzene ring substituents is 2. The first kappa shape index (κ1) is 43.1. The van der Waals surface area contributed by atoms with E-state index in [2.05, 4.69) is 0 Å². The van der Waals surface area contributed by atoms with Gasteiger partial charge >= 0.3 is 11.9 Å². The number of methoxy groups -OCH3 is 2. The second-order valence-corrected chi connectivity index (χ2v) is 12.4. The Hall–Kier alpha value is -5.28. The second kappa shape index (κ2) is 19.7. The minimum Gasteiger partial charge on any atom is -0.496 e. The van der Waals surface area contributed by atoms with E-state index in [-0.39, 0.29) is 102 Å². The van der Waals surface area contributed by atoms with E-state index in [1.165, 1.54) is 62.8 Å². The summed E-state index contributed by atoms with van der Waals surface area (Å²) in [6, 6.07) is 13.3. The number of ketones is 2. The van der Waals surface area contributed by atoms with Crippen LogP contribution in [-0.4, -0.2) is 60.8 Å². The van der Waals surface area contributed by atoms with Crippen LogP contribution in [-0.2, 0) is 22.3 Å². The van der Waals surface area contributed by atoms with Gasteiger partial charge in [-0.25, -0.2) is 9.59 Å². The van der Waals surface area contributed by atoms with Gasteiger partial charge in [0.2, 0.25) is 0 Å². The van der Waals surface area contributed by atoms with Gasteiger partial charge in [-0.15, -0.1) is 0 Å². The van der Waals surface area contributed by atoms with Gasteiger partial charge in [0.05, 0.1) is 68.5 Å². The number of hydrogen-bond donors (Lipinski definition) is 0. The van der Waals surface area contributed by atoms with Gasteiger partial charge in [0, 0.05) is 41.7 Å². The third kappa shape index (κ3) is 10.9.